The third kappa shape index (κ3) is 3.32. The van der Waals surface area contributed by atoms with Crippen molar-refractivity contribution in [3.8, 4) is 11.4 Å². The quantitative estimate of drug-likeness (QED) is 0.800. The smallest absolute Gasteiger partial charge is 0.384 e. The summed E-state index contributed by atoms with van der Waals surface area (Å²) in [5.74, 6) is 1.32. The van der Waals surface area contributed by atoms with Gasteiger partial charge in [-0.05, 0) is 25.3 Å². The fourth-order valence-corrected chi connectivity index (χ4v) is 4.59. The van der Waals surface area contributed by atoms with Gasteiger partial charge in [-0.2, -0.15) is 13.2 Å². The number of pyridine rings is 1. The second-order valence-electron chi connectivity index (χ2n) is 8.00. The van der Waals surface area contributed by atoms with Crippen LogP contribution in [0.2, 0.25) is 0 Å². The average Bonchev–Trinajstić information content (AvgIpc) is 3.12. The van der Waals surface area contributed by atoms with Crippen molar-refractivity contribution in [3.63, 3.8) is 0 Å². The Morgan fingerprint density at radius 3 is 2.60 bits per heavy atom. The Bertz CT molecular complexity index is 960. The Hall–Kier alpha value is -2.62. The van der Waals surface area contributed by atoms with Crippen LogP contribution in [0.4, 0.5) is 30.6 Å². The van der Waals surface area contributed by atoms with E-state index in [2.05, 4.69) is 24.8 Å². The number of rotatable bonds is 2. The Labute approximate surface area is 172 Å². The summed E-state index contributed by atoms with van der Waals surface area (Å²) in [6.07, 6.45) is 0.531. The maximum Gasteiger partial charge on any atom is 0.417 e. The zero-order valence-electron chi connectivity index (χ0n) is 16.5. The molecule has 0 radical (unpaired) electrons. The highest BCUT2D eigenvalue weighted by Gasteiger charge is 2.39. The second kappa shape index (κ2) is 7.26. The molecule has 1 atom stereocenters. The third-order valence-corrected chi connectivity index (χ3v) is 6.03. The summed E-state index contributed by atoms with van der Waals surface area (Å²) in [5.41, 5.74) is 5.54. The first-order chi connectivity index (χ1) is 14.4. The van der Waals surface area contributed by atoms with Crippen LogP contribution in [0.5, 0.6) is 0 Å². The maximum absolute atomic E-state index is 13.7. The molecule has 0 unspecified atom stereocenters. The molecule has 3 aliphatic heterocycles. The number of alkyl halides is 3. The highest BCUT2D eigenvalue weighted by Crippen LogP contribution is 2.42. The number of anilines is 3. The fourth-order valence-electron chi connectivity index (χ4n) is 4.59. The van der Waals surface area contributed by atoms with E-state index in [-0.39, 0.29) is 23.2 Å². The first-order valence-corrected chi connectivity index (χ1v) is 10.2. The van der Waals surface area contributed by atoms with E-state index in [0.717, 1.165) is 68.2 Å². The van der Waals surface area contributed by atoms with Gasteiger partial charge in [-0.3, -0.25) is 0 Å². The van der Waals surface area contributed by atoms with Crippen molar-refractivity contribution >= 4 is 17.5 Å². The van der Waals surface area contributed by atoms with Crippen LogP contribution in [0.15, 0.2) is 12.3 Å². The van der Waals surface area contributed by atoms with Crippen molar-refractivity contribution in [2.24, 2.45) is 0 Å². The number of aromatic nitrogens is 3. The number of morpholine rings is 1. The third-order valence-electron chi connectivity index (χ3n) is 6.03. The van der Waals surface area contributed by atoms with Gasteiger partial charge in [0.25, 0.3) is 0 Å². The minimum atomic E-state index is -4.58. The molecule has 2 aromatic heterocycles. The number of nitrogens with zero attached hydrogens (tertiary/aromatic N) is 5. The second-order valence-corrected chi connectivity index (χ2v) is 8.00. The van der Waals surface area contributed by atoms with Gasteiger partial charge in [-0.1, -0.05) is 0 Å². The van der Waals surface area contributed by atoms with Crippen LogP contribution in [0, 0.1) is 0 Å². The Kier molecular flexibility index (Phi) is 4.68. The normalized spacial score (nSPS) is 21.5. The van der Waals surface area contributed by atoms with E-state index in [0.29, 0.717) is 19.8 Å². The van der Waals surface area contributed by atoms with Crippen LogP contribution in [-0.2, 0) is 17.3 Å². The number of ether oxygens (including phenoxy) is 1. The van der Waals surface area contributed by atoms with Gasteiger partial charge in [-0.25, -0.2) is 15.0 Å². The molecular weight excluding hydrogens is 397 g/mol. The summed E-state index contributed by atoms with van der Waals surface area (Å²) in [4.78, 5) is 17.5. The number of halogens is 3. The van der Waals surface area contributed by atoms with Gasteiger partial charge in [-0.15, -0.1) is 0 Å². The van der Waals surface area contributed by atoms with Gasteiger partial charge in [0.05, 0.1) is 30.4 Å². The van der Waals surface area contributed by atoms with Gasteiger partial charge in [0.1, 0.15) is 17.5 Å². The van der Waals surface area contributed by atoms with Crippen molar-refractivity contribution in [3.05, 3.63) is 23.4 Å². The standard InChI is InChI=1S/C20H23F3N6O/c21-20(22,23)15-9-16(24)25-10-14(15)17-26-18(28-4-2-1-3-5-28)13-8-12-11-30-7-6-29(12)19(13)27-17/h9-10,12H,1-8,11H2,(H2,24,25)/t12-/m0/s1. The number of piperidine rings is 1. The molecule has 0 spiro atoms. The number of nitrogens with two attached hydrogens (primary N) is 1. The lowest BCUT2D eigenvalue weighted by molar-refractivity contribution is -0.137. The molecule has 7 nitrogen and oxygen atoms in total. The van der Waals surface area contributed by atoms with Gasteiger partial charge in [0.15, 0.2) is 5.82 Å². The number of nitrogen functional groups attached to an aromatic ring is 1. The fraction of sp³-hybridized carbons (Fsp3) is 0.550. The molecule has 2 saturated heterocycles. The molecule has 0 aliphatic carbocycles. The van der Waals surface area contributed by atoms with Crippen LogP contribution >= 0.6 is 0 Å². The first-order valence-electron chi connectivity index (χ1n) is 10.2. The maximum atomic E-state index is 13.7. The molecule has 0 aromatic carbocycles. The molecule has 2 fully saturated rings. The zero-order valence-corrected chi connectivity index (χ0v) is 16.5. The molecule has 3 aliphatic rings. The molecule has 10 heteroatoms. The van der Waals surface area contributed by atoms with E-state index < -0.39 is 11.7 Å². The first kappa shape index (κ1) is 19.3. The van der Waals surface area contributed by atoms with E-state index >= 15 is 0 Å². The molecule has 5 rings (SSSR count). The molecule has 0 bridgehead atoms. The lowest BCUT2D eigenvalue weighted by atomic mass is 10.1. The number of fused-ring (bicyclic) bond motifs is 3. The molecule has 0 saturated carbocycles. The summed E-state index contributed by atoms with van der Waals surface area (Å²) in [6.45, 7) is 3.51. The SMILES string of the molecule is Nc1cc(C(F)(F)F)c(-c2nc(N3CCCCC3)c3c(n2)N2CCOC[C@@H]2C3)cn1. The van der Waals surface area contributed by atoms with Crippen LogP contribution in [0.25, 0.3) is 11.4 Å². The van der Waals surface area contributed by atoms with Gasteiger partial charge < -0.3 is 20.3 Å². The van der Waals surface area contributed by atoms with Gasteiger partial charge in [0.2, 0.25) is 0 Å². The monoisotopic (exact) mass is 420 g/mol. The largest absolute Gasteiger partial charge is 0.417 e. The summed E-state index contributed by atoms with van der Waals surface area (Å²) < 4.78 is 46.8. The Morgan fingerprint density at radius 2 is 1.83 bits per heavy atom. The number of hydrogen-bond acceptors (Lipinski definition) is 7. The summed E-state index contributed by atoms with van der Waals surface area (Å²) in [6, 6.07) is 0.998. The van der Waals surface area contributed by atoms with Crippen LogP contribution in [0.1, 0.15) is 30.4 Å². The summed E-state index contributed by atoms with van der Waals surface area (Å²) in [5, 5.41) is 0. The van der Waals surface area contributed by atoms with E-state index in [1.54, 1.807) is 0 Å². The number of hydrogen-bond donors (Lipinski definition) is 1. The zero-order chi connectivity index (χ0) is 20.9. The molecule has 30 heavy (non-hydrogen) atoms. The van der Waals surface area contributed by atoms with E-state index in [4.69, 9.17) is 10.5 Å². The molecule has 0 amide bonds. The minimum absolute atomic E-state index is 0.0429. The van der Waals surface area contributed by atoms with Crippen LogP contribution in [0.3, 0.4) is 0 Å². The average molecular weight is 420 g/mol. The van der Waals surface area contributed by atoms with Crippen LogP contribution in [-0.4, -0.2) is 53.8 Å². The minimum Gasteiger partial charge on any atom is -0.384 e. The van der Waals surface area contributed by atoms with Crippen LogP contribution < -0.4 is 15.5 Å². The lowest BCUT2D eigenvalue weighted by Crippen LogP contribution is -2.43. The van der Waals surface area contributed by atoms with Crippen molar-refractivity contribution in [1.29, 1.82) is 0 Å². The molecule has 2 N–H and O–H groups in total. The molecule has 2 aromatic rings. The lowest BCUT2D eigenvalue weighted by Gasteiger charge is -2.31. The Morgan fingerprint density at radius 1 is 1.07 bits per heavy atom. The van der Waals surface area contributed by atoms with Crippen molar-refractivity contribution < 1.29 is 17.9 Å². The molecule has 160 valence electrons. The van der Waals surface area contributed by atoms with E-state index in [1.165, 1.54) is 0 Å². The summed E-state index contributed by atoms with van der Waals surface area (Å²) in [7, 11) is 0. The van der Waals surface area contributed by atoms with E-state index in [9.17, 15) is 13.2 Å². The van der Waals surface area contributed by atoms with Crippen molar-refractivity contribution in [2.75, 3.05) is 48.4 Å². The predicted molar refractivity (Wildman–Crippen MR) is 106 cm³/mol. The summed E-state index contributed by atoms with van der Waals surface area (Å²) >= 11 is 0. The van der Waals surface area contributed by atoms with E-state index in [1.807, 2.05) is 0 Å². The topological polar surface area (TPSA) is 80.4 Å². The van der Waals surface area contributed by atoms with Gasteiger partial charge in [0, 0.05) is 37.8 Å². The Balaban J connectivity index is 1.68. The van der Waals surface area contributed by atoms with Crippen molar-refractivity contribution in [1.82, 2.24) is 15.0 Å². The highest BCUT2D eigenvalue weighted by molar-refractivity contribution is 5.72. The molecular formula is C20H23F3N6O. The van der Waals surface area contributed by atoms with Gasteiger partial charge >= 0.3 is 6.18 Å². The highest BCUT2D eigenvalue weighted by atomic mass is 19.4. The molecule has 5 heterocycles. The predicted octanol–water partition coefficient (Wildman–Crippen LogP) is 2.89. The van der Waals surface area contributed by atoms with Crippen molar-refractivity contribution in [2.45, 2.75) is 37.9 Å².